The second-order valence-corrected chi connectivity index (χ2v) is 4.87. The summed E-state index contributed by atoms with van der Waals surface area (Å²) in [4.78, 5) is 0. The van der Waals surface area contributed by atoms with Crippen LogP contribution in [0.1, 0.15) is 18.4 Å². The highest BCUT2D eigenvalue weighted by atomic mass is 16.5. The van der Waals surface area contributed by atoms with Crippen LogP contribution in [-0.2, 0) is 6.42 Å². The van der Waals surface area contributed by atoms with Gasteiger partial charge in [-0.3, -0.25) is 11.3 Å². The van der Waals surface area contributed by atoms with E-state index >= 15 is 0 Å². The number of hydrogen-bond donors (Lipinski definition) is 2. The van der Waals surface area contributed by atoms with Gasteiger partial charge in [0, 0.05) is 0 Å². The number of ether oxygens (including phenoxy) is 1. The molecule has 3 heteroatoms. The van der Waals surface area contributed by atoms with E-state index < -0.39 is 0 Å². The van der Waals surface area contributed by atoms with E-state index in [1.54, 1.807) is 0 Å². The summed E-state index contributed by atoms with van der Waals surface area (Å²) in [5.74, 6) is 6.47. The average Bonchev–Trinajstić information content (AvgIpc) is 2.52. The van der Waals surface area contributed by atoms with Crippen molar-refractivity contribution in [3.05, 3.63) is 66.2 Å². The van der Waals surface area contributed by atoms with Gasteiger partial charge in [0.15, 0.2) is 0 Å². The quantitative estimate of drug-likeness (QED) is 0.573. The Balaban J connectivity index is 1.70. The van der Waals surface area contributed by atoms with Crippen molar-refractivity contribution in [1.82, 2.24) is 5.43 Å². The van der Waals surface area contributed by atoms with Gasteiger partial charge in [0.2, 0.25) is 0 Å². The molecule has 3 N–H and O–H groups in total. The maximum absolute atomic E-state index is 5.72. The van der Waals surface area contributed by atoms with E-state index in [1.165, 1.54) is 5.56 Å². The molecule has 106 valence electrons. The molecule has 0 radical (unpaired) electrons. The molecule has 0 bridgehead atoms. The van der Waals surface area contributed by atoms with Crippen LogP contribution >= 0.6 is 0 Å². The molecule has 0 fully saturated rings. The second kappa shape index (κ2) is 8.35. The second-order valence-electron chi connectivity index (χ2n) is 4.87. The lowest BCUT2D eigenvalue weighted by molar-refractivity contribution is 0.255. The summed E-state index contributed by atoms with van der Waals surface area (Å²) >= 11 is 0. The summed E-state index contributed by atoms with van der Waals surface area (Å²) in [7, 11) is 0. The van der Waals surface area contributed by atoms with E-state index in [0.717, 1.165) is 25.0 Å². The molecule has 3 nitrogen and oxygen atoms in total. The molecule has 0 aliphatic carbocycles. The standard InChI is InChI=1S/C17H22N2O/c18-19-16(14-20-17-12-5-2-6-13-17)11-7-10-15-8-3-1-4-9-15/h1-6,8-9,12-13,16,19H,7,10-11,14,18H2. The maximum Gasteiger partial charge on any atom is 0.119 e. The number of nitrogens with two attached hydrogens (primary N) is 1. The lowest BCUT2D eigenvalue weighted by Crippen LogP contribution is -2.39. The summed E-state index contributed by atoms with van der Waals surface area (Å²) < 4.78 is 5.72. The summed E-state index contributed by atoms with van der Waals surface area (Å²) in [5.41, 5.74) is 4.20. The summed E-state index contributed by atoms with van der Waals surface area (Å²) in [5, 5.41) is 0. The van der Waals surface area contributed by atoms with Gasteiger partial charge in [-0.05, 0) is 37.0 Å². The molecule has 0 saturated carbocycles. The number of hydrogen-bond acceptors (Lipinski definition) is 3. The molecular weight excluding hydrogens is 248 g/mol. The molecule has 20 heavy (non-hydrogen) atoms. The minimum absolute atomic E-state index is 0.180. The third-order valence-electron chi connectivity index (χ3n) is 3.29. The molecular formula is C17H22N2O. The minimum Gasteiger partial charge on any atom is -0.492 e. The van der Waals surface area contributed by atoms with Crippen LogP contribution in [0.4, 0.5) is 0 Å². The van der Waals surface area contributed by atoms with Crippen LogP contribution in [0, 0.1) is 0 Å². The first-order valence-corrected chi connectivity index (χ1v) is 7.06. The number of para-hydroxylation sites is 1. The van der Waals surface area contributed by atoms with Crippen LogP contribution in [-0.4, -0.2) is 12.6 Å². The summed E-state index contributed by atoms with van der Waals surface area (Å²) in [6, 6.07) is 20.5. The Morgan fingerprint density at radius 3 is 2.25 bits per heavy atom. The highest BCUT2D eigenvalue weighted by molar-refractivity contribution is 5.21. The third kappa shape index (κ3) is 5.03. The molecule has 0 aliphatic heterocycles. The maximum atomic E-state index is 5.72. The fourth-order valence-electron chi connectivity index (χ4n) is 2.13. The van der Waals surface area contributed by atoms with Gasteiger partial charge in [0.1, 0.15) is 12.4 Å². The molecule has 1 unspecified atom stereocenters. The highest BCUT2D eigenvalue weighted by Gasteiger charge is 2.07. The molecule has 2 aromatic rings. The fourth-order valence-corrected chi connectivity index (χ4v) is 2.13. The zero-order valence-electron chi connectivity index (χ0n) is 11.7. The molecule has 0 aromatic heterocycles. The van der Waals surface area contributed by atoms with E-state index in [9.17, 15) is 0 Å². The van der Waals surface area contributed by atoms with E-state index in [1.807, 2.05) is 36.4 Å². The Bertz CT molecular complexity index is 473. The molecule has 0 heterocycles. The SMILES string of the molecule is NNC(CCCc1ccccc1)COc1ccccc1. The fraction of sp³-hybridized carbons (Fsp3) is 0.294. The van der Waals surface area contributed by atoms with Crippen molar-refractivity contribution in [1.29, 1.82) is 0 Å². The zero-order valence-corrected chi connectivity index (χ0v) is 11.7. The van der Waals surface area contributed by atoms with E-state index in [0.29, 0.717) is 6.61 Å². The lowest BCUT2D eigenvalue weighted by atomic mass is 10.1. The normalized spacial score (nSPS) is 12.1. The highest BCUT2D eigenvalue weighted by Crippen LogP contribution is 2.11. The monoisotopic (exact) mass is 270 g/mol. The van der Waals surface area contributed by atoms with Crippen molar-refractivity contribution in [2.75, 3.05) is 6.61 Å². The third-order valence-corrected chi connectivity index (χ3v) is 3.29. The average molecular weight is 270 g/mol. The Morgan fingerprint density at radius 2 is 1.60 bits per heavy atom. The number of benzene rings is 2. The van der Waals surface area contributed by atoms with Crippen molar-refractivity contribution in [2.24, 2.45) is 5.84 Å². The summed E-state index contributed by atoms with van der Waals surface area (Å²) in [6.45, 7) is 0.593. The molecule has 0 aliphatic rings. The van der Waals surface area contributed by atoms with Gasteiger partial charge in [-0.15, -0.1) is 0 Å². The topological polar surface area (TPSA) is 47.3 Å². The predicted octanol–water partition coefficient (Wildman–Crippen LogP) is 2.92. The minimum atomic E-state index is 0.180. The Morgan fingerprint density at radius 1 is 0.950 bits per heavy atom. The summed E-state index contributed by atoms with van der Waals surface area (Å²) in [6.07, 6.45) is 3.17. The van der Waals surface area contributed by atoms with Crippen LogP contribution in [0.15, 0.2) is 60.7 Å². The molecule has 0 amide bonds. The van der Waals surface area contributed by atoms with Gasteiger partial charge in [-0.25, -0.2) is 0 Å². The number of rotatable bonds is 8. The molecule has 2 aromatic carbocycles. The lowest BCUT2D eigenvalue weighted by Gasteiger charge is -2.16. The number of nitrogens with one attached hydrogen (secondary N) is 1. The smallest absolute Gasteiger partial charge is 0.119 e. The van der Waals surface area contributed by atoms with E-state index in [4.69, 9.17) is 10.6 Å². The van der Waals surface area contributed by atoms with Crippen LogP contribution in [0.3, 0.4) is 0 Å². The zero-order chi connectivity index (χ0) is 14.0. The first-order valence-electron chi connectivity index (χ1n) is 7.06. The first kappa shape index (κ1) is 14.6. The van der Waals surface area contributed by atoms with Crippen molar-refractivity contribution in [3.8, 4) is 5.75 Å². The van der Waals surface area contributed by atoms with Crippen LogP contribution in [0.2, 0.25) is 0 Å². The van der Waals surface area contributed by atoms with Gasteiger partial charge < -0.3 is 4.74 Å². The van der Waals surface area contributed by atoms with Crippen molar-refractivity contribution < 1.29 is 4.74 Å². The Kier molecular flexibility index (Phi) is 6.08. The predicted molar refractivity (Wildman–Crippen MR) is 82.4 cm³/mol. The Labute approximate surface area is 120 Å². The number of hydrazine groups is 1. The van der Waals surface area contributed by atoms with Crippen LogP contribution < -0.4 is 16.0 Å². The van der Waals surface area contributed by atoms with Gasteiger partial charge in [-0.2, -0.15) is 0 Å². The van der Waals surface area contributed by atoms with Gasteiger partial charge in [-0.1, -0.05) is 48.5 Å². The largest absolute Gasteiger partial charge is 0.492 e. The van der Waals surface area contributed by atoms with Gasteiger partial charge >= 0.3 is 0 Å². The molecule has 1 atom stereocenters. The number of aryl methyl sites for hydroxylation is 1. The molecule has 0 spiro atoms. The van der Waals surface area contributed by atoms with Gasteiger partial charge in [0.25, 0.3) is 0 Å². The molecule has 2 rings (SSSR count). The van der Waals surface area contributed by atoms with Gasteiger partial charge in [0.05, 0.1) is 6.04 Å². The van der Waals surface area contributed by atoms with Crippen molar-refractivity contribution in [3.63, 3.8) is 0 Å². The molecule has 0 saturated heterocycles. The van der Waals surface area contributed by atoms with Crippen LogP contribution in [0.5, 0.6) is 5.75 Å². The van der Waals surface area contributed by atoms with E-state index in [2.05, 4.69) is 29.7 Å². The van der Waals surface area contributed by atoms with E-state index in [-0.39, 0.29) is 6.04 Å². The Hall–Kier alpha value is -1.84. The van der Waals surface area contributed by atoms with Crippen LogP contribution in [0.25, 0.3) is 0 Å². The van der Waals surface area contributed by atoms with Crippen molar-refractivity contribution in [2.45, 2.75) is 25.3 Å². The first-order chi connectivity index (χ1) is 9.88. The van der Waals surface area contributed by atoms with Crippen molar-refractivity contribution >= 4 is 0 Å².